The second-order valence-electron chi connectivity index (χ2n) is 3.44. The van der Waals surface area contributed by atoms with Gasteiger partial charge in [-0.3, -0.25) is 0 Å². The number of rotatable bonds is 0. The molecule has 0 radical (unpaired) electrons. The van der Waals surface area contributed by atoms with Crippen molar-refractivity contribution in [2.75, 3.05) is 13.1 Å². The summed E-state index contributed by atoms with van der Waals surface area (Å²) in [5, 5.41) is 3.44. The highest BCUT2D eigenvalue weighted by atomic mass is 14.9. The molecule has 2 rings (SSSR count). The Morgan fingerprint density at radius 1 is 1.30 bits per heavy atom. The van der Waals surface area contributed by atoms with E-state index < -0.39 is 0 Å². The maximum Gasteiger partial charge on any atom is 0.00174 e. The molecule has 56 valence electrons. The van der Waals surface area contributed by atoms with Crippen LogP contribution in [0.5, 0.6) is 0 Å². The van der Waals surface area contributed by atoms with Gasteiger partial charge in [-0.25, -0.2) is 0 Å². The molecule has 0 aromatic heterocycles. The van der Waals surface area contributed by atoms with Crippen LogP contribution in [0.4, 0.5) is 0 Å². The molecule has 1 aliphatic heterocycles. The Labute approximate surface area is 62.5 Å². The lowest BCUT2D eigenvalue weighted by molar-refractivity contribution is 0.456. The van der Waals surface area contributed by atoms with Crippen LogP contribution in [-0.4, -0.2) is 13.1 Å². The van der Waals surface area contributed by atoms with Crippen LogP contribution in [0.3, 0.4) is 0 Å². The van der Waals surface area contributed by atoms with Gasteiger partial charge < -0.3 is 5.32 Å². The normalized spacial score (nSPS) is 39.2. The molecule has 2 unspecified atom stereocenters. The minimum Gasteiger partial charge on any atom is -0.316 e. The van der Waals surface area contributed by atoms with E-state index in [1.165, 1.54) is 32.4 Å². The molecule has 2 aliphatic rings. The zero-order valence-electron chi connectivity index (χ0n) is 6.34. The first-order valence-corrected chi connectivity index (χ1v) is 4.34. The molecule has 0 saturated carbocycles. The van der Waals surface area contributed by atoms with Crippen LogP contribution in [0.2, 0.25) is 0 Å². The van der Waals surface area contributed by atoms with E-state index in [-0.39, 0.29) is 0 Å². The minimum absolute atomic E-state index is 0.863. The van der Waals surface area contributed by atoms with Gasteiger partial charge in [-0.2, -0.15) is 0 Å². The summed E-state index contributed by atoms with van der Waals surface area (Å²) in [5.74, 6) is 1.82. The molecule has 1 fully saturated rings. The highest BCUT2D eigenvalue weighted by Gasteiger charge is 2.24. The second kappa shape index (κ2) is 2.75. The van der Waals surface area contributed by atoms with Gasteiger partial charge in [0.05, 0.1) is 0 Å². The van der Waals surface area contributed by atoms with Crippen molar-refractivity contribution in [3.63, 3.8) is 0 Å². The number of fused-ring (bicyclic) bond motifs is 1. The van der Waals surface area contributed by atoms with Crippen LogP contribution < -0.4 is 5.32 Å². The average Bonchev–Trinajstić information content (AvgIpc) is 2.28. The van der Waals surface area contributed by atoms with E-state index in [9.17, 15) is 0 Å². The maximum absolute atomic E-state index is 3.44. The molecular weight excluding hydrogens is 122 g/mol. The monoisotopic (exact) mass is 137 g/mol. The molecular formula is C9H15N. The van der Waals surface area contributed by atoms with Gasteiger partial charge in [0, 0.05) is 6.54 Å². The Bertz CT molecular complexity index is 140. The van der Waals surface area contributed by atoms with Gasteiger partial charge in [0.1, 0.15) is 0 Å². The minimum atomic E-state index is 0.863. The molecule has 0 amide bonds. The Balaban J connectivity index is 2.06. The summed E-state index contributed by atoms with van der Waals surface area (Å²) in [5.41, 5.74) is 0. The maximum atomic E-state index is 3.44. The van der Waals surface area contributed by atoms with E-state index in [4.69, 9.17) is 0 Å². The van der Waals surface area contributed by atoms with Crippen molar-refractivity contribution in [3.05, 3.63) is 12.2 Å². The molecule has 1 nitrogen and oxygen atoms in total. The van der Waals surface area contributed by atoms with Gasteiger partial charge in [0.15, 0.2) is 0 Å². The van der Waals surface area contributed by atoms with Crippen LogP contribution in [-0.2, 0) is 0 Å². The van der Waals surface area contributed by atoms with Crippen LogP contribution in [0.15, 0.2) is 12.2 Å². The van der Waals surface area contributed by atoms with Gasteiger partial charge in [-0.05, 0) is 37.6 Å². The van der Waals surface area contributed by atoms with E-state index >= 15 is 0 Å². The van der Waals surface area contributed by atoms with Crippen molar-refractivity contribution in [2.45, 2.75) is 19.3 Å². The molecule has 1 aliphatic carbocycles. The average molecular weight is 137 g/mol. The van der Waals surface area contributed by atoms with Crippen molar-refractivity contribution in [1.29, 1.82) is 0 Å². The standard InChI is InChI=1S/C9H15N/c1-2-4-8-6-10-7-9(8)5-3-1/h2,4,8-10H,1,3,5-7H2. The van der Waals surface area contributed by atoms with Gasteiger partial charge >= 0.3 is 0 Å². The van der Waals surface area contributed by atoms with Crippen molar-refractivity contribution in [1.82, 2.24) is 5.32 Å². The van der Waals surface area contributed by atoms with Crippen molar-refractivity contribution < 1.29 is 0 Å². The van der Waals surface area contributed by atoms with Gasteiger partial charge in [-0.1, -0.05) is 12.2 Å². The summed E-state index contributed by atoms with van der Waals surface area (Å²) in [4.78, 5) is 0. The van der Waals surface area contributed by atoms with Gasteiger partial charge in [0.2, 0.25) is 0 Å². The fourth-order valence-corrected chi connectivity index (χ4v) is 2.06. The Hall–Kier alpha value is -0.300. The van der Waals surface area contributed by atoms with Crippen LogP contribution >= 0.6 is 0 Å². The molecule has 1 heterocycles. The zero-order chi connectivity index (χ0) is 6.81. The first kappa shape index (κ1) is 6.41. The molecule has 0 bridgehead atoms. The lowest BCUT2D eigenvalue weighted by Crippen LogP contribution is -2.08. The Kier molecular flexibility index (Phi) is 1.76. The van der Waals surface area contributed by atoms with Crippen LogP contribution in [0.25, 0.3) is 0 Å². The fraction of sp³-hybridized carbons (Fsp3) is 0.778. The number of allylic oxidation sites excluding steroid dienone is 1. The second-order valence-corrected chi connectivity index (χ2v) is 3.44. The predicted octanol–water partition coefficient (Wildman–Crippen LogP) is 1.56. The van der Waals surface area contributed by atoms with Crippen LogP contribution in [0.1, 0.15) is 19.3 Å². The van der Waals surface area contributed by atoms with Gasteiger partial charge in [0.25, 0.3) is 0 Å². The zero-order valence-corrected chi connectivity index (χ0v) is 6.34. The molecule has 0 aromatic carbocycles. The van der Waals surface area contributed by atoms with Crippen molar-refractivity contribution in [2.24, 2.45) is 11.8 Å². The third-order valence-corrected chi connectivity index (χ3v) is 2.72. The van der Waals surface area contributed by atoms with E-state index in [0.717, 1.165) is 11.8 Å². The molecule has 2 atom stereocenters. The van der Waals surface area contributed by atoms with Crippen molar-refractivity contribution in [3.8, 4) is 0 Å². The van der Waals surface area contributed by atoms with Gasteiger partial charge in [-0.15, -0.1) is 0 Å². The lowest BCUT2D eigenvalue weighted by Gasteiger charge is -2.10. The summed E-state index contributed by atoms with van der Waals surface area (Å²) in [6.07, 6.45) is 8.92. The number of hydrogen-bond acceptors (Lipinski definition) is 1. The first-order valence-electron chi connectivity index (χ1n) is 4.34. The predicted molar refractivity (Wildman–Crippen MR) is 42.8 cm³/mol. The summed E-state index contributed by atoms with van der Waals surface area (Å²) in [6.45, 7) is 2.48. The fourth-order valence-electron chi connectivity index (χ4n) is 2.06. The largest absolute Gasteiger partial charge is 0.316 e. The van der Waals surface area contributed by atoms with E-state index in [2.05, 4.69) is 17.5 Å². The topological polar surface area (TPSA) is 12.0 Å². The molecule has 0 spiro atoms. The molecule has 1 heteroatoms. The first-order chi connectivity index (χ1) is 4.97. The number of hydrogen-bond donors (Lipinski definition) is 1. The van der Waals surface area contributed by atoms with Crippen LogP contribution in [0, 0.1) is 11.8 Å². The molecule has 0 aromatic rings. The summed E-state index contributed by atoms with van der Waals surface area (Å²) in [6, 6.07) is 0. The third-order valence-electron chi connectivity index (χ3n) is 2.72. The number of nitrogens with one attached hydrogen (secondary N) is 1. The van der Waals surface area contributed by atoms with Crippen molar-refractivity contribution >= 4 is 0 Å². The lowest BCUT2D eigenvalue weighted by atomic mass is 9.93. The smallest absolute Gasteiger partial charge is 0.00174 e. The summed E-state index contributed by atoms with van der Waals surface area (Å²) < 4.78 is 0. The molecule has 10 heavy (non-hydrogen) atoms. The Morgan fingerprint density at radius 2 is 2.30 bits per heavy atom. The van der Waals surface area contributed by atoms with E-state index in [0.29, 0.717) is 0 Å². The highest BCUT2D eigenvalue weighted by molar-refractivity contribution is 4.99. The quantitative estimate of drug-likeness (QED) is 0.500. The SMILES string of the molecule is C1=CC2CNCC2CCC1. The summed E-state index contributed by atoms with van der Waals surface area (Å²) >= 11 is 0. The van der Waals surface area contributed by atoms with E-state index in [1.54, 1.807) is 0 Å². The molecule has 1 saturated heterocycles. The highest BCUT2D eigenvalue weighted by Crippen LogP contribution is 2.26. The Morgan fingerprint density at radius 3 is 3.30 bits per heavy atom. The third kappa shape index (κ3) is 1.10. The summed E-state index contributed by atoms with van der Waals surface area (Å²) in [7, 11) is 0. The van der Waals surface area contributed by atoms with E-state index in [1.807, 2.05) is 0 Å². The molecule has 1 N–H and O–H groups in total.